The average molecular weight is 316 g/mol. The van der Waals surface area contributed by atoms with Gasteiger partial charge in [-0.15, -0.1) is 0 Å². The number of hydrogen-bond donors (Lipinski definition) is 0. The summed E-state index contributed by atoms with van der Waals surface area (Å²) in [5.41, 5.74) is 3.91. The standard InChI is InChI=1S/C22H21P/c1-2-23(21-16-10-5-11-17-21)18-22(19-12-6-3-7-13-19)20-14-8-4-9-15-20/h3-18H,2H2,1H3. The van der Waals surface area contributed by atoms with Gasteiger partial charge in [0.05, 0.1) is 0 Å². The minimum Gasteiger partial charge on any atom is -0.0622 e. The van der Waals surface area contributed by atoms with E-state index in [1.807, 2.05) is 0 Å². The average Bonchev–Trinajstić information content (AvgIpc) is 2.65. The van der Waals surface area contributed by atoms with Crippen molar-refractivity contribution >= 4 is 18.8 Å². The van der Waals surface area contributed by atoms with Gasteiger partial charge < -0.3 is 0 Å². The minimum atomic E-state index is -0.302. The molecule has 0 saturated carbocycles. The zero-order chi connectivity index (χ0) is 15.9. The molecule has 1 atom stereocenters. The van der Waals surface area contributed by atoms with E-state index in [0.29, 0.717) is 0 Å². The van der Waals surface area contributed by atoms with Crippen molar-refractivity contribution < 1.29 is 0 Å². The topological polar surface area (TPSA) is 0 Å². The van der Waals surface area contributed by atoms with Crippen molar-refractivity contribution in [3.63, 3.8) is 0 Å². The van der Waals surface area contributed by atoms with Gasteiger partial charge >= 0.3 is 0 Å². The van der Waals surface area contributed by atoms with Crippen LogP contribution in [-0.2, 0) is 0 Å². The molecule has 0 aliphatic heterocycles. The van der Waals surface area contributed by atoms with Crippen molar-refractivity contribution in [2.75, 3.05) is 6.16 Å². The van der Waals surface area contributed by atoms with Crippen LogP contribution in [0.1, 0.15) is 18.1 Å². The van der Waals surface area contributed by atoms with Crippen LogP contribution in [0.4, 0.5) is 0 Å². The molecule has 23 heavy (non-hydrogen) atoms. The summed E-state index contributed by atoms with van der Waals surface area (Å²) in [6.07, 6.45) is 1.16. The van der Waals surface area contributed by atoms with E-state index in [2.05, 4.69) is 104 Å². The van der Waals surface area contributed by atoms with Crippen LogP contribution in [0.15, 0.2) is 96.8 Å². The molecule has 0 N–H and O–H groups in total. The third-order valence-electron chi connectivity index (χ3n) is 3.88. The lowest BCUT2D eigenvalue weighted by atomic mass is 10.00. The number of benzene rings is 3. The summed E-state index contributed by atoms with van der Waals surface area (Å²) >= 11 is 0. The summed E-state index contributed by atoms with van der Waals surface area (Å²) in [7, 11) is -0.302. The first-order valence-corrected chi connectivity index (χ1v) is 9.62. The molecule has 1 unspecified atom stereocenters. The molecule has 0 heterocycles. The maximum absolute atomic E-state index is 2.48. The van der Waals surface area contributed by atoms with Crippen LogP contribution in [0.5, 0.6) is 0 Å². The van der Waals surface area contributed by atoms with Gasteiger partial charge in [-0.3, -0.25) is 0 Å². The maximum Gasteiger partial charge on any atom is -0.0103 e. The van der Waals surface area contributed by atoms with Crippen LogP contribution in [0.25, 0.3) is 5.57 Å². The summed E-state index contributed by atoms with van der Waals surface area (Å²) in [5, 5.41) is 1.44. The van der Waals surface area contributed by atoms with Crippen LogP contribution >= 0.6 is 7.92 Å². The Morgan fingerprint density at radius 1 is 0.696 bits per heavy atom. The molecule has 0 amide bonds. The number of rotatable bonds is 5. The van der Waals surface area contributed by atoms with Gasteiger partial charge in [-0.1, -0.05) is 106 Å². The molecular weight excluding hydrogens is 295 g/mol. The molecule has 3 aromatic carbocycles. The predicted molar refractivity (Wildman–Crippen MR) is 104 cm³/mol. The van der Waals surface area contributed by atoms with Gasteiger partial charge in [-0.2, -0.15) is 0 Å². The van der Waals surface area contributed by atoms with E-state index in [0.717, 1.165) is 6.16 Å². The highest BCUT2D eigenvalue weighted by Crippen LogP contribution is 2.40. The largest absolute Gasteiger partial charge is 0.0622 e. The second kappa shape index (κ2) is 7.90. The van der Waals surface area contributed by atoms with E-state index in [4.69, 9.17) is 0 Å². The minimum absolute atomic E-state index is 0.302. The van der Waals surface area contributed by atoms with Crippen molar-refractivity contribution in [1.82, 2.24) is 0 Å². The molecule has 1 heteroatoms. The lowest BCUT2D eigenvalue weighted by molar-refractivity contribution is 1.50. The van der Waals surface area contributed by atoms with Crippen molar-refractivity contribution in [1.29, 1.82) is 0 Å². The highest BCUT2D eigenvalue weighted by molar-refractivity contribution is 7.68. The first-order valence-electron chi connectivity index (χ1n) is 8.03. The Morgan fingerprint density at radius 3 is 1.57 bits per heavy atom. The normalized spacial score (nSPS) is 11.7. The molecule has 0 aromatic heterocycles. The fourth-order valence-corrected chi connectivity index (χ4v) is 4.54. The van der Waals surface area contributed by atoms with E-state index in [1.54, 1.807) is 0 Å². The van der Waals surface area contributed by atoms with Gasteiger partial charge in [-0.25, -0.2) is 0 Å². The van der Waals surface area contributed by atoms with E-state index in [9.17, 15) is 0 Å². The molecular formula is C22H21P. The zero-order valence-electron chi connectivity index (χ0n) is 13.4. The fraction of sp³-hybridized carbons (Fsp3) is 0.0909. The number of hydrogen-bond acceptors (Lipinski definition) is 0. The summed E-state index contributed by atoms with van der Waals surface area (Å²) in [6, 6.07) is 32.3. The van der Waals surface area contributed by atoms with Gasteiger partial charge in [0.2, 0.25) is 0 Å². The van der Waals surface area contributed by atoms with E-state index >= 15 is 0 Å². The molecule has 0 saturated heterocycles. The van der Waals surface area contributed by atoms with E-state index < -0.39 is 0 Å². The second-order valence-corrected chi connectivity index (χ2v) is 7.74. The summed E-state index contributed by atoms with van der Waals surface area (Å²) < 4.78 is 0. The Balaban J connectivity index is 2.07. The van der Waals surface area contributed by atoms with Crippen LogP contribution in [0, 0.1) is 0 Å². The van der Waals surface area contributed by atoms with Crippen molar-refractivity contribution in [3.8, 4) is 0 Å². The molecule has 0 radical (unpaired) electrons. The maximum atomic E-state index is 2.48. The molecule has 0 aliphatic rings. The zero-order valence-corrected chi connectivity index (χ0v) is 14.3. The third-order valence-corrected chi connectivity index (χ3v) is 6.10. The highest BCUT2D eigenvalue weighted by Gasteiger charge is 2.10. The van der Waals surface area contributed by atoms with Crippen LogP contribution in [-0.4, -0.2) is 6.16 Å². The van der Waals surface area contributed by atoms with Crippen LogP contribution in [0.3, 0.4) is 0 Å². The SMILES string of the molecule is CCP(C=C(c1ccccc1)c1ccccc1)c1ccccc1. The fourth-order valence-electron chi connectivity index (χ4n) is 2.67. The molecule has 3 rings (SSSR count). The van der Waals surface area contributed by atoms with Crippen molar-refractivity contribution in [2.24, 2.45) is 0 Å². The van der Waals surface area contributed by atoms with Gasteiger partial charge in [0.15, 0.2) is 0 Å². The van der Waals surface area contributed by atoms with Crippen molar-refractivity contribution in [2.45, 2.75) is 6.92 Å². The van der Waals surface area contributed by atoms with Gasteiger partial charge in [0.25, 0.3) is 0 Å². The lowest BCUT2D eigenvalue weighted by Gasteiger charge is -2.16. The molecule has 0 spiro atoms. The van der Waals surface area contributed by atoms with Gasteiger partial charge in [0, 0.05) is 0 Å². The molecule has 0 aliphatic carbocycles. The Bertz CT molecular complexity index is 704. The molecule has 114 valence electrons. The Labute approximate surface area is 140 Å². The molecule has 0 nitrogen and oxygen atoms in total. The highest BCUT2D eigenvalue weighted by atomic mass is 31.1. The summed E-state index contributed by atoms with van der Waals surface area (Å²) in [6.45, 7) is 2.28. The molecule has 3 aromatic rings. The monoisotopic (exact) mass is 316 g/mol. The Morgan fingerprint density at radius 2 is 1.13 bits per heavy atom. The molecule has 0 bridgehead atoms. The van der Waals surface area contributed by atoms with Crippen LogP contribution in [0.2, 0.25) is 0 Å². The third kappa shape index (κ3) is 3.97. The first kappa shape index (κ1) is 15.7. The van der Waals surface area contributed by atoms with E-state index in [-0.39, 0.29) is 7.92 Å². The Kier molecular flexibility index (Phi) is 5.40. The summed E-state index contributed by atoms with van der Waals surface area (Å²) in [4.78, 5) is 0. The van der Waals surface area contributed by atoms with Gasteiger partial charge in [-0.05, 0) is 34.0 Å². The quantitative estimate of drug-likeness (QED) is 0.514. The Hall–Kier alpha value is -2.17. The lowest BCUT2D eigenvalue weighted by Crippen LogP contribution is -2.00. The van der Waals surface area contributed by atoms with E-state index in [1.165, 1.54) is 22.0 Å². The van der Waals surface area contributed by atoms with Crippen molar-refractivity contribution in [3.05, 3.63) is 108 Å². The summed E-state index contributed by atoms with van der Waals surface area (Å²) in [5.74, 6) is 2.48. The predicted octanol–water partition coefficient (Wildman–Crippen LogP) is 5.90. The first-order chi connectivity index (χ1) is 11.4. The smallest absolute Gasteiger partial charge is 0.0103 e. The molecule has 0 fully saturated rings. The van der Waals surface area contributed by atoms with Gasteiger partial charge in [0.1, 0.15) is 0 Å². The second-order valence-electron chi connectivity index (χ2n) is 5.40. The van der Waals surface area contributed by atoms with Crippen LogP contribution < -0.4 is 5.30 Å².